The fourth-order valence-corrected chi connectivity index (χ4v) is 5.43. The Balaban J connectivity index is 2.88. The second-order valence-corrected chi connectivity index (χ2v) is 11.7. The number of carboxylic acid groups (broad SMARTS) is 4. The Bertz CT molecular complexity index is 859. The van der Waals surface area contributed by atoms with Crippen molar-refractivity contribution in [3.8, 4) is 0 Å². The molecule has 4 N–H and O–H groups in total. The summed E-state index contributed by atoms with van der Waals surface area (Å²) in [4.78, 5) is 67.9. The summed E-state index contributed by atoms with van der Waals surface area (Å²) in [6, 6.07) is -1.01. The smallest absolute Gasteiger partial charge is 0.320 e. The summed E-state index contributed by atoms with van der Waals surface area (Å²) >= 11 is 0. The number of unbranched alkanes of at least 4 members (excludes halogenated alkanes) is 7. The molecule has 0 radical (unpaired) electrons. The normalized spacial score (nSPS) is 17.3. The highest BCUT2D eigenvalue weighted by Crippen LogP contribution is 2.13. The molecule has 1 fully saturated rings. The molecule has 0 aromatic heterocycles. The van der Waals surface area contributed by atoms with Crippen LogP contribution < -0.4 is 0 Å². The molecule has 254 valence electrons. The summed E-state index contributed by atoms with van der Waals surface area (Å²) in [5.41, 5.74) is 0. The minimum atomic E-state index is -1.10. The highest BCUT2D eigenvalue weighted by Gasteiger charge is 2.29. The molecule has 0 aromatic rings. The second-order valence-electron chi connectivity index (χ2n) is 11.7. The summed E-state index contributed by atoms with van der Waals surface area (Å²) in [6.07, 6.45) is 9.37. The molecular weight excluding hydrogens is 574 g/mol. The Morgan fingerprint density at radius 2 is 1.00 bits per heavy atom. The van der Waals surface area contributed by atoms with Crippen LogP contribution in [0.5, 0.6) is 0 Å². The van der Waals surface area contributed by atoms with Gasteiger partial charge in [-0.3, -0.25) is 43.6 Å². The highest BCUT2D eigenvalue weighted by atomic mass is 16.4. The Hall–Kier alpha value is -2.81. The first-order valence-electron chi connectivity index (χ1n) is 16.0. The quantitative estimate of drug-likeness (QED) is 0.142. The number of amides is 1. The van der Waals surface area contributed by atoms with Gasteiger partial charge < -0.3 is 25.3 Å². The average molecular weight is 630 g/mol. The van der Waals surface area contributed by atoms with Crippen molar-refractivity contribution in [2.75, 3.05) is 85.6 Å². The molecule has 1 atom stereocenters. The molecule has 1 rings (SSSR count). The van der Waals surface area contributed by atoms with Crippen LogP contribution in [0.2, 0.25) is 0 Å². The van der Waals surface area contributed by atoms with Crippen LogP contribution in [-0.2, 0) is 24.0 Å². The molecule has 44 heavy (non-hydrogen) atoms. The SMILES string of the molecule is CCCCCCCCCCN(C)C(=O)CCC(C(=O)O)N1CCN(CC(=O)O)CCN(CC(=O)O)CCN(CC(=O)O)CC1. The molecular formula is C30H55N5O9. The van der Waals surface area contributed by atoms with Crippen LogP contribution in [0.1, 0.15) is 71.1 Å². The fraction of sp³-hybridized carbons (Fsp3) is 0.833. The van der Waals surface area contributed by atoms with Crippen molar-refractivity contribution in [1.29, 1.82) is 0 Å². The zero-order valence-electron chi connectivity index (χ0n) is 26.7. The summed E-state index contributed by atoms with van der Waals surface area (Å²) in [6.45, 7) is 3.74. The van der Waals surface area contributed by atoms with Crippen molar-refractivity contribution in [3.05, 3.63) is 0 Å². The maximum Gasteiger partial charge on any atom is 0.320 e. The Morgan fingerprint density at radius 1 is 0.614 bits per heavy atom. The molecule has 0 saturated carbocycles. The maximum absolute atomic E-state index is 12.9. The molecule has 0 aliphatic carbocycles. The van der Waals surface area contributed by atoms with Gasteiger partial charge in [0, 0.05) is 72.4 Å². The van der Waals surface area contributed by atoms with Gasteiger partial charge in [-0.15, -0.1) is 0 Å². The van der Waals surface area contributed by atoms with E-state index in [4.69, 9.17) is 0 Å². The summed E-state index contributed by atoms with van der Waals surface area (Å²) < 4.78 is 0. The lowest BCUT2D eigenvalue weighted by molar-refractivity contribution is -0.145. The van der Waals surface area contributed by atoms with E-state index in [2.05, 4.69) is 6.92 Å². The van der Waals surface area contributed by atoms with E-state index in [1.165, 1.54) is 32.1 Å². The van der Waals surface area contributed by atoms with Gasteiger partial charge in [0.15, 0.2) is 0 Å². The van der Waals surface area contributed by atoms with E-state index in [9.17, 15) is 44.4 Å². The third-order valence-electron chi connectivity index (χ3n) is 8.08. The van der Waals surface area contributed by atoms with Gasteiger partial charge in [0.2, 0.25) is 5.91 Å². The predicted molar refractivity (Wildman–Crippen MR) is 165 cm³/mol. The first-order chi connectivity index (χ1) is 20.9. The van der Waals surface area contributed by atoms with Crippen molar-refractivity contribution in [2.24, 2.45) is 0 Å². The Labute approximate surface area is 261 Å². The van der Waals surface area contributed by atoms with Crippen LogP contribution in [0, 0.1) is 0 Å². The molecule has 0 aromatic carbocycles. The van der Waals surface area contributed by atoms with Crippen molar-refractivity contribution in [1.82, 2.24) is 24.5 Å². The van der Waals surface area contributed by atoms with Gasteiger partial charge in [0.05, 0.1) is 19.6 Å². The van der Waals surface area contributed by atoms with Crippen molar-refractivity contribution < 1.29 is 44.4 Å². The van der Waals surface area contributed by atoms with Crippen molar-refractivity contribution in [3.63, 3.8) is 0 Å². The zero-order valence-corrected chi connectivity index (χ0v) is 26.7. The Kier molecular flexibility index (Phi) is 20.2. The number of carbonyl (C=O) groups excluding carboxylic acids is 1. The van der Waals surface area contributed by atoms with Crippen LogP contribution >= 0.6 is 0 Å². The monoisotopic (exact) mass is 629 g/mol. The first-order valence-corrected chi connectivity index (χ1v) is 16.0. The molecule has 1 amide bonds. The number of hydrogen-bond acceptors (Lipinski definition) is 9. The Morgan fingerprint density at radius 3 is 1.39 bits per heavy atom. The topological polar surface area (TPSA) is 182 Å². The van der Waals surface area contributed by atoms with Gasteiger partial charge >= 0.3 is 23.9 Å². The molecule has 14 heteroatoms. The number of nitrogens with zero attached hydrogens (tertiary/aromatic N) is 5. The first kappa shape index (κ1) is 39.2. The van der Waals surface area contributed by atoms with Crippen LogP contribution in [0.25, 0.3) is 0 Å². The van der Waals surface area contributed by atoms with Gasteiger partial charge in [-0.1, -0.05) is 51.9 Å². The average Bonchev–Trinajstić information content (AvgIpc) is 2.94. The van der Waals surface area contributed by atoms with Crippen molar-refractivity contribution in [2.45, 2.75) is 77.2 Å². The molecule has 1 aliphatic heterocycles. The molecule has 14 nitrogen and oxygen atoms in total. The van der Waals surface area contributed by atoms with E-state index in [-0.39, 0.29) is 90.7 Å². The summed E-state index contributed by atoms with van der Waals surface area (Å²) in [5.74, 6) is -4.38. The molecule has 0 spiro atoms. The van der Waals surface area contributed by atoms with E-state index in [1.807, 2.05) is 0 Å². The maximum atomic E-state index is 12.9. The number of carboxylic acids is 4. The summed E-state index contributed by atoms with van der Waals surface area (Å²) in [5, 5.41) is 38.3. The number of hydrogen-bond donors (Lipinski definition) is 4. The number of carbonyl (C=O) groups is 5. The van der Waals surface area contributed by atoms with E-state index in [1.54, 1.807) is 31.5 Å². The van der Waals surface area contributed by atoms with E-state index in [0.717, 1.165) is 19.3 Å². The van der Waals surface area contributed by atoms with E-state index in [0.29, 0.717) is 6.54 Å². The van der Waals surface area contributed by atoms with Gasteiger partial charge in [-0.25, -0.2) is 0 Å². The lowest BCUT2D eigenvalue weighted by atomic mass is 10.1. The molecule has 1 heterocycles. The van der Waals surface area contributed by atoms with Crippen LogP contribution in [-0.4, -0.2) is 166 Å². The molecule has 1 unspecified atom stereocenters. The van der Waals surface area contributed by atoms with Gasteiger partial charge in [-0.05, 0) is 12.8 Å². The minimum absolute atomic E-state index is 0.0445. The zero-order chi connectivity index (χ0) is 32.9. The number of aliphatic carboxylic acids is 4. The van der Waals surface area contributed by atoms with Crippen LogP contribution in [0.4, 0.5) is 0 Å². The largest absolute Gasteiger partial charge is 0.480 e. The molecule has 1 aliphatic rings. The fourth-order valence-electron chi connectivity index (χ4n) is 5.43. The van der Waals surface area contributed by atoms with Crippen LogP contribution in [0.3, 0.4) is 0 Å². The predicted octanol–water partition coefficient (Wildman–Crippen LogP) is 1.29. The van der Waals surface area contributed by atoms with E-state index < -0.39 is 29.9 Å². The van der Waals surface area contributed by atoms with Gasteiger partial charge in [0.25, 0.3) is 0 Å². The summed E-state index contributed by atoms with van der Waals surface area (Å²) in [7, 11) is 1.73. The third-order valence-corrected chi connectivity index (χ3v) is 8.08. The van der Waals surface area contributed by atoms with Gasteiger partial charge in [-0.2, -0.15) is 0 Å². The minimum Gasteiger partial charge on any atom is -0.480 e. The standard InChI is InChI=1S/C30H55N5O9/c1-3-4-5-6-7-8-9-10-13-31(2)26(36)12-11-25(30(43)44)35-20-18-33(23-28(39)40)16-14-32(22-27(37)38)15-17-34(19-21-35)24-29(41)42/h25H,3-24H2,1-2H3,(H,37,38)(H,39,40)(H,41,42)(H,43,44). The molecule has 1 saturated heterocycles. The van der Waals surface area contributed by atoms with E-state index >= 15 is 0 Å². The van der Waals surface area contributed by atoms with Gasteiger partial charge in [0.1, 0.15) is 6.04 Å². The third kappa shape index (κ3) is 18.1. The lowest BCUT2D eigenvalue weighted by Crippen LogP contribution is -2.52. The lowest BCUT2D eigenvalue weighted by Gasteiger charge is -2.35. The van der Waals surface area contributed by atoms with Crippen molar-refractivity contribution >= 4 is 29.8 Å². The van der Waals surface area contributed by atoms with Crippen LogP contribution in [0.15, 0.2) is 0 Å². The number of rotatable bonds is 20. The second kappa shape index (κ2) is 22.7. The molecule has 0 bridgehead atoms. The highest BCUT2D eigenvalue weighted by molar-refractivity contribution is 5.78.